The highest BCUT2D eigenvalue weighted by Gasteiger charge is 2.25. The zero-order valence-corrected chi connectivity index (χ0v) is 16.4. The van der Waals surface area contributed by atoms with Crippen LogP contribution in [0.5, 0.6) is 0 Å². The molecule has 2 heterocycles. The van der Waals surface area contributed by atoms with Gasteiger partial charge in [0, 0.05) is 26.3 Å². The van der Waals surface area contributed by atoms with E-state index in [1.165, 1.54) is 6.07 Å². The minimum absolute atomic E-state index is 0.0939. The van der Waals surface area contributed by atoms with Crippen LogP contribution in [0, 0.1) is 6.92 Å². The fraction of sp³-hybridized carbons (Fsp3) is 0.312. The summed E-state index contributed by atoms with van der Waals surface area (Å²) >= 11 is 4.91. The molecule has 0 saturated carbocycles. The van der Waals surface area contributed by atoms with Crippen LogP contribution in [0.2, 0.25) is 0 Å². The lowest BCUT2D eigenvalue weighted by Crippen LogP contribution is -2.27. The zero-order chi connectivity index (χ0) is 17.5. The number of amides is 1. The van der Waals surface area contributed by atoms with Crippen molar-refractivity contribution in [3.05, 3.63) is 44.1 Å². The molecule has 5 nitrogen and oxygen atoms in total. The highest BCUT2D eigenvalue weighted by atomic mass is 79.9. The number of aryl methyl sites for hydroxylation is 2. The van der Waals surface area contributed by atoms with Gasteiger partial charge in [-0.15, -0.1) is 11.3 Å². The molecule has 2 N–H and O–H groups in total. The predicted octanol–water partition coefficient (Wildman–Crippen LogP) is 3.74. The Hall–Kier alpha value is -1.22. The quantitative estimate of drug-likeness (QED) is 0.778. The van der Waals surface area contributed by atoms with Gasteiger partial charge in [0.25, 0.3) is 0 Å². The molecule has 0 bridgehead atoms. The van der Waals surface area contributed by atoms with E-state index in [-0.39, 0.29) is 16.8 Å². The van der Waals surface area contributed by atoms with E-state index in [4.69, 9.17) is 0 Å². The largest absolute Gasteiger partial charge is 0.326 e. The number of hydrogen-bond donors (Lipinski definition) is 2. The summed E-state index contributed by atoms with van der Waals surface area (Å²) in [4.78, 5) is 13.8. The number of nitrogens with one attached hydrogen (secondary N) is 2. The fourth-order valence-corrected chi connectivity index (χ4v) is 5.92. The molecule has 3 rings (SSSR count). The van der Waals surface area contributed by atoms with Crippen LogP contribution in [-0.4, -0.2) is 14.3 Å². The number of thiophene rings is 1. The highest BCUT2D eigenvalue weighted by molar-refractivity contribution is 9.10. The molecular weight excluding hydrogens is 412 g/mol. The van der Waals surface area contributed by atoms with Gasteiger partial charge in [-0.1, -0.05) is 0 Å². The molecule has 1 aromatic carbocycles. The molecule has 24 heavy (non-hydrogen) atoms. The molecule has 1 aliphatic rings. The van der Waals surface area contributed by atoms with Crippen LogP contribution >= 0.6 is 27.3 Å². The van der Waals surface area contributed by atoms with Gasteiger partial charge in [-0.3, -0.25) is 4.79 Å². The molecule has 8 heteroatoms. The monoisotopic (exact) mass is 428 g/mol. The first-order valence-electron chi connectivity index (χ1n) is 7.47. The van der Waals surface area contributed by atoms with Gasteiger partial charge >= 0.3 is 0 Å². The van der Waals surface area contributed by atoms with Crippen molar-refractivity contribution in [2.75, 3.05) is 5.32 Å². The Kier molecular flexibility index (Phi) is 4.83. The molecule has 0 aliphatic carbocycles. The van der Waals surface area contributed by atoms with Crippen LogP contribution in [0.15, 0.2) is 33.6 Å². The lowest BCUT2D eigenvalue weighted by atomic mass is 10.0. The zero-order valence-electron chi connectivity index (χ0n) is 13.2. The average molecular weight is 429 g/mol. The van der Waals surface area contributed by atoms with E-state index in [2.05, 4.69) is 26.0 Å². The second kappa shape index (κ2) is 6.59. The van der Waals surface area contributed by atoms with Gasteiger partial charge in [0.15, 0.2) is 0 Å². The Morgan fingerprint density at radius 2 is 2.04 bits per heavy atom. The van der Waals surface area contributed by atoms with E-state index < -0.39 is 10.0 Å². The number of sulfonamides is 1. The van der Waals surface area contributed by atoms with Gasteiger partial charge < -0.3 is 5.32 Å². The molecular formula is C16H17BrN2O3S2. The summed E-state index contributed by atoms with van der Waals surface area (Å²) in [6, 6.07) is 6.85. The first kappa shape index (κ1) is 17.6. The Labute approximate surface area is 153 Å². The number of rotatable bonds is 4. The Morgan fingerprint density at radius 1 is 1.29 bits per heavy atom. The molecule has 1 aromatic heterocycles. The third-order valence-corrected chi connectivity index (χ3v) is 7.55. The van der Waals surface area contributed by atoms with Gasteiger partial charge in [0.2, 0.25) is 15.9 Å². The van der Waals surface area contributed by atoms with Crippen molar-refractivity contribution >= 4 is 48.9 Å². The number of hydrogen-bond acceptors (Lipinski definition) is 4. The Balaban J connectivity index is 1.92. The molecule has 0 saturated heterocycles. The number of fused-ring (bicyclic) bond motifs is 1. The summed E-state index contributed by atoms with van der Waals surface area (Å²) in [6.45, 7) is 3.80. The smallest absolute Gasteiger partial charge is 0.242 e. The van der Waals surface area contributed by atoms with Crippen LogP contribution in [-0.2, 0) is 21.2 Å². The second-order valence-corrected chi connectivity index (χ2v) is 9.64. The number of anilines is 1. The van der Waals surface area contributed by atoms with E-state index in [9.17, 15) is 13.2 Å². The van der Waals surface area contributed by atoms with Gasteiger partial charge in [-0.25, -0.2) is 13.1 Å². The van der Waals surface area contributed by atoms with Crippen molar-refractivity contribution in [2.24, 2.45) is 0 Å². The maximum atomic E-state index is 12.8. The van der Waals surface area contributed by atoms with Crippen LogP contribution in [0.4, 0.5) is 5.69 Å². The van der Waals surface area contributed by atoms with Crippen LogP contribution < -0.4 is 10.0 Å². The van der Waals surface area contributed by atoms with E-state index in [1.54, 1.807) is 17.4 Å². The first-order valence-corrected chi connectivity index (χ1v) is 10.6. The lowest BCUT2D eigenvalue weighted by Gasteiger charge is -2.20. The first-order chi connectivity index (χ1) is 11.3. The molecule has 1 unspecified atom stereocenters. The Morgan fingerprint density at radius 3 is 2.71 bits per heavy atom. The molecule has 1 aliphatic heterocycles. The van der Waals surface area contributed by atoms with Gasteiger partial charge in [0.05, 0.1) is 10.9 Å². The molecule has 128 valence electrons. The summed E-state index contributed by atoms with van der Waals surface area (Å²) in [6.07, 6.45) is 1.02. The number of halogens is 1. The van der Waals surface area contributed by atoms with Gasteiger partial charge in [-0.05, 0) is 66.0 Å². The molecule has 2 aromatic rings. The normalized spacial score (nSPS) is 15.7. The van der Waals surface area contributed by atoms with Gasteiger partial charge in [-0.2, -0.15) is 0 Å². The van der Waals surface area contributed by atoms with Crippen LogP contribution in [0.1, 0.15) is 34.7 Å². The molecule has 0 radical (unpaired) electrons. The fourth-order valence-electron chi connectivity index (χ4n) is 2.63. The SMILES string of the molecule is Cc1ccc(C(C)NS(=O)(=O)c2cc3c(cc2Br)CCC(=O)N3)s1. The maximum absolute atomic E-state index is 12.8. The van der Waals surface area contributed by atoms with Crippen LogP contribution in [0.25, 0.3) is 0 Å². The predicted molar refractivity (Wildman–Crippen MR) is 98.9 cm³/mol. The van der Waals surface area contributed by atoms with E-state index >= 15 is 0 Å². The summed E-state index contributed by atoms with van der Waals surface area (Å²) in [5.74, 6) is -0.0939. The number of carbonyl (C=O) groups is 1. The van der Waals surface area contributed by atoms with Crippen molar-refractivity contribution in [3.8, 4) is 0 Å². The highest BCUT2D eigenvalue weighted by Crippen LogP contribution is 2.33. The molecule has 1 amide bonds. The maximum Gasteiger partial charge on any atom is 0.242 e. The van der Waals surface area contributed by atoms with Crippen molar-refractivity contribution in [1.82, 2.24) is 4.72 Å². The van der Waals surface area contributed by atoms with Crippen molar-refractivity contribution in [2.45, 2.75) is 37.6 Å². The number of carbonyl (C=O) groups excluding carboxylic acids is 1. The van der Waals surface area contributed by atoms with E-state index in [0.29, 0.717) is 23.0 Å². The third kappa shape index (κ3) is 3.56. The van der Waals surface area contributed by atoms with Crippen molar-refractivity contribution in [3.63, 3.8) is 0 Å². The third-order valence-electron chi connectivity index (χ3n) is 3.86. The topological polar surface area (TPSA) is 75.3 Å². The van der Waals surface area contributed by atoms with Crippen molar-refractivity contribution < 1.29 is 13.2 Å². The lowest BCUT2D eigenvalue weighted by molar-refractivity contribution is -0.116. The average Bonchev–Trinajstić information content (AvgIpc) is 2.93. The van der Waals surface area contributed by atoms with E-state index in [0.717, 1.165) is 15.3 Å². The second-order valence-electron chi connectivity index (χ2n) is 5.78. The minimum atomic E-state index is -3.72. The molecule has 0 spiro atoms. The van der Waals surface area contributed by atoms with Crippen LogP contribution in [0.3, 0.4) is 0 Å². The van der Waals surface area contributed by atoms with Crippen molar-refractivity contribution in [1.29, 1.82) is 0 Å². The standard InChI is InChI=1S/C16H17BrN2O3S2/c1-9-3-5-14(23-9)10(2)19-24(21,22)15-8-13-11(7-12(15)17)4-6-16(20)18-13/h3,5,7-8,10,19H,4,6H2,1-2H3,(H,18,20). The van der Waals surface area contributed by atoms with E-state index in [1.807, 2.05) is 26.0 Å². The Bertz CT molecular complexity index is 906. The minimum Gasteiger partial charge on any atom is -0.326 e. The molecule has 0 fully saturated rings. The summed E-state index contributed by atoms with van der Waals surface area (Å²) in [5, 5.41) is 2.74. The van der Waals surface area contributed by atoms with Gasteiger partial charge in [0.1, 0.15) is 0 Å². The summed E-state index contributed by atoms with van der Waals surface area (Å²) < 4.78 is 28.7. The molecule has 1 atom stereocenters. The number of benzene rings is 1. The summed E-state index contributed by atoms with van der Waals surface area (Å²) in [5.41, 5.74) is 1.50. The summed E-state index contributed by atoms with van der Waals surface area (Å²) in [7, 11) is -3.72.